The molecular formula is C29H28Cl2N2O3. The zero-order valence-electron chi connectivity index (χ0n) is 19.8. The van der Waals surface area contributed by atoms with E-state index in [0.29, 0.717) is 47.8 Å². The molecule has 3 aromatic carbocycles. The molecule has 0 saturated carbocycles. The molecule has 7 heteroatoms. The maximum atomic E-state index is 13.5. The number of ether oxygens (including phenoxy) is 1. The Morgan fingerprint density at radius 3 is 2.44 bits per heavy atom. The summed E-state index contributed by atoms with van der Waals surface area (Å²) in [6, 6.07) is 22.8. The molecule has 2 aliphatic heterocycles. The van der Waals surface area contributed by atoms with E-state index >= 15 is 0 Å². The van der Waals surface area contributed by atoms with Crippen molar-refractivity contribution >= 4 is 35.0 Å². The molecule has 3 unspecified atom stereocenters. The molecule has 0 aromatic heterocycles. The van der Waals surface area contributed by atoms with Crippen LogP contribution in [0.4, 0.5) is 0 Å². The van der Waals surface area contributed by atoms with Crippen LogP contribution in [0.15, 0.2) is 72.8 Å². The largest absolute Gasteiger partial charge is 0.480 e. The van der Waals surface area contributed by atoms with Crippen LogP contribution in [0, 0.1) is 0 Å². The van der Waals surface area contributed by atoms with E-state index < -0.39 is 6.10 Å². The third-order valence-corrected chi connectivity index (χ3v) is 7.39. The van der Waals surface area contributed by atoms with Gasteiger partial charge >= 0.3 is 0 Å². The van der Waals surface area contributed by atoms with Gasteiger partial charge in [0.2, 0.25) is 0 Å². The Morgan fingerprint density at radius 1 is 0.944 bits per heavy atom. The second-order valence-electron chi connectivity index (χ2n) is 9.48. The van der Waals surface area contributed by atoms with Gasteiger partial charge < -0.3 is 15.0 Å². The quantitative estimate of drug-likeness (QED) is 0.466. The Hall–Kier alpha value is -3.02. The van der Waals surface area contributed by atoms with Gasteiger partial charge in [-0.05, 0) is 67.5 Å². The number of amides is 2. The van der Waals surface area contributed by atoms with Crippen molar-refractivity contribution in [1.82, 2.24) is 10.2 Å². The summed E-state index contributed by atoms with van der Waals surface area (Å²) < 4.78 is 6.00. The lowest BCUT2D eigenvalue weighted by molar-refractivity contribution is -0.129. The molecule has 2 aliphatic rings. The number of fused-ring (bicyclic) bond motifs is 1. The fraction of sp³-hybridized carbons (Fsp3) is 0.310. The molecular weight excluding hydrogens is 495 g/mol. The van der Waals surface area contributed by atoms with E-state index in [0.717, 1.165) is 23.3 Å². The van der Waals surface area contributed by atoms with Gasteiger partial charge in [-0.3, -0.25) is 9.59 Å². The number of rotatable bonds is 5. The highest BCUT2D eigenvalue weighted by atomic mass is 35.5. The highest BCUT2D eigenvalue weighted by Gasteiger charge is 2.35. The summed E-state index contributed by atoms with van der Waals surface area (Å²) in [6.07, 6.45) is 2.99. The second-order valence-corrected chi connectivity index (χ2v) is 10.4. The summed E-state index contributed by atoms with van der Waals surface area (Å²) in [5, 5.41) is 4.07. The minimum atomic E-state index is -0.499. The minimum absolute atomic E-state index is 0.0426. The molecule has 5 nitrogen and oxygen atoms in total. The number of carbonyl (C=O) groups is 2. The predicted octanol–water partition coefficient (Wildman–Crippen LogP) is 5.72. The topological polar surface area (TPSA) is 58.6 Å². The van der Waals surface area contributed by atoms with Crippen molar-refractivity contribution in [3.05, 3.63) is 99.5 Å². The number of benzene rings is 3. The normalized spacial score (nSPS) is 21.3. The summed E-state index contributed by atoms with van der Waals surface area (Å²) in [5.74, 6) is 0.596. The van der Waals surface area contributed by atoms with Crippen molar-refractivity contribution in [3.63, 3.8) is 0 Å². The highest BCUT2D eigenvalue weighted by molar-refractivity contribution is 6.35. The molecule has 3 atom stereocenters. The molecule has 36 heavy (non-hydrogen) atoms. The Morgan fingerprint density at radius 2 is 1.67 bits per heavy atom. The van der Waals surface area contributed by atoms with E-state index in [-0.39, 0.29) is 23.9 Å². The third kappa shape index (κ3) is 5.69. The zero-order valence-corrected chi connectivity index (χ0v) is 21.3. The van der Waals surface area contributed by atoms with E-state index in [2.05, 4.69) is 17.4 Å². The van der Waals surface area contributed by atoms with Crippen molar-refractivity contribution in [2.24, 2.45) is 0 Å². The summed E-state index contributed by atoms with van der Waals surface area (Å²) in [5.41, 5.74) is 2.75. The number of hydrogen-bond donors (Lipinski definition) is 1. The molecule has 2 amide bonds. The van der Waals surface area contributed by atoms with Crippen molar-refractivity contribution < 1.29 is 14.3 Å². The molecule has 1 fully saturated rings. The van der Waals surface area contributed by atoms with E-state index in [1.165, 1.54) is 0 Å². The van der Waals surface area contributed by atoms with Crippen molar-refractivity contribution in [2.45, 2.75) is 50.3 Å². The average Bonchev–Trinajstić information content (AvgIpc) is 2.88. The molecule has 186 valence electrons. The summed E-state index contributed by atoms with van der Waals surface area (Å²) >= 11 is 12.3. The molecule has 0 radical (unpaired) electrons. The van der Waals surface area contributed by atoms with Crippen LogP contribution in [0.1, 0.15) is 40.7 Å². The molecule has 1 N–H and O–H groups in total. The van der Waals surface area contributed by atoms with Gasteiger partial charge in [-0.2, -0.15) is 0 Å². The lowest BCUT2D eigenvalue weighted by Crippen LogP contribution is -2.54. The number of halogens is 2. The number of likely N-dealkylation sites (tertiary alicyclic amines) is 1. The smallest absolute Gasteiger partial charge is 0.261 e. The van der Waals surface area contributed by atoms with Crippen LogP contribution in [-0.4, -0.2) is 41.4 Å². The van der Waals surface area contributed by atoms with E-state index in [1.807, 2.05) is 47.4 Å². The van der Waals surface area contributed by atoms with Gasteiger partial charge in [0, 0.05) is 34.2 Å². The van der Waals surface area contributed by atoms with Crippen LogP contribution in [0.25, 0.3) is 0 Å². The lowest BCUT2D eigenvalue weighted by Gasteiger charge is -2.40. The van der Waals surface area contributed by atoms with Crippen molar-refractivity contribution in [1.29, 1.82) is 0 Å². The maximum Gasteiger partial charge on any atom is 0.261 e. The Bertz CT molecular complexity index is 1230. The van der Waals surface area contributed by atoms with Crippen molar-refractivity contribution in [2.75, 3.05) is 6.54 Å². The number of piperidine rings is 1. The van der Waals surface area contributed by atoms with Crippen LogP contribution in [0.3, 0.4) is 0 Å². The summed E-state index contributed by atoms with van der Waals surface area (Å²) in [4.78, 5) is 28.5. The van der Waals surface area contributed by atoms with E-state index in [4.69, 9.17) is 27.9 Å². The maximum absolute atomic E-state index is 13.5. The molecule has 2 heterocycles. The summed E-state index contributed by atoms with van der Waals surface area (Å²) in [7, 11) is 0. The minimum Gasteiger partial charge on any atom is -0.480 e. The molecule has 0 spiro atoms. The third-order valence-electron chi connectivity index (χ3n) is 6.96. The second kappa shape index (κ2) is 10.9. The first-order valence-corrected chi connectivity index (χ1v) is 13.1. The SMILES string of the molecule is O=C(NC1CCN(C(=O)c2cc(Cl)cc(Cl)c2)C(Cc2ccccc2)C1)C1CCc2ccccc2O1. The van der Waals surface area contributed by atoms with E-state index in [1.54, 1.807) is 18.2 Å². The van der Waals surface area contributed by atoms with Gasteiger partial charge in [0.15, 0.2) is 6.10 Å². The first-order valence-electron chi connectivity index (χ1n) is 12.3. The average molecular weight is 523 g/mol. The van der Waals surface area contributed by atoms with Crippen LogP contribution < -0.4 is 10.1 Å². The fourth-order valence-corrected chi connectivity index (χ4v) is 5.70. The van der Waals surface area contributed by atoms with Gasteiger partial charge in [-0.1, -0.05) is 71.7 Å². The number of nitrogens with zero attached hydrogens (tertiary/aromatic N) is 1. The lowest BCUT2D eigenvalue weighted by atomic mass is 9.91. The molecule has 3 aromatic rings. The standard InChI is InChI=1S/C29H28Cl2N2O3/c30-22-15-21(16-23(31)17-22)29(35)33-13-12-24(18-25(33)14-19-6-2-1-3-7-19)32-28(34)27-11-10-20-8-4-5-9-26(20)36-27/h1-9,15-17,24-25,27H,10-14,18H2,(H,32,34). The zero-order chi connectivity index (χ0) is 25.1. The van der Waals surface area contributed by atoms with Crippen LogP contribution >= 0.6 is 23.2 Å². The van der Waals surface area contributed by atoms with Crippen LogP contribution in [-0.2, 0) is 17.6 Å². The number of aryl methyl sites for hydroxylation is 1. The van der Waals surface area contributed by atoms with Gasteiger partial charge in [-0.15, -0.1) is 0 Å². The Kier molecular flexibility index (Phi) is 7.49. The molecule has 0 bridgehead atoms. The van der Waals surface area contributed by atoms with Gasteiger partial charge in [0.1, 0.15) is 5.75 Å². The fourth-order valence-electron chi connectivity index (χ4n) is 5.18. The number of carbonyl (C=O) groups excluding carboxylic acids is 2. The first-order chi connectivity index (χ1) is 17.5. The van der Waals surface area contributed by atoms with Crippen LogP contribution in [0.2, 0.25) is 10.0 Å². The Balaban J connectivity index is 1.30. The Labute approximate surface area is 221 Å². The number of nitrogens with one attached hydrogen (secondary N) is 1. The molecule has 0 aliphatic carbocycles. The van der Waals surface area contributed by atoms with Gasteiger partial charge in [0.05, 0.1) is 0 Å². The molecule has 1 saturated heterocycles. The van der Waals surface area contributed by atoms with Crippen molar-refractivity contribution in [3.8, 4) is 5.75 Å². The van der Waals surface area contributed by atoms with Gasteiger partial charge in [-0.25, -0.2) is 0 Å². The number of para-hydroxylation sites is 1. The predicted molar refractivity (Wildman–Crippen MR) is 142 cm³/mol. The first kappa shape index (κ1) is 24.7. The number of hydrogen-bond acceptors (Lipinski definition) is 3. The highest BCUT2D eigenvalue weighted by Crippen LogP contribution is 2.29. The monoisotopic (exact) mass is 522 g/mol. The summed E-state index contributed by atoms with van der Waals surface area (Å²) in [6.45, 7) is 0.528. The van der Waals surface area contributed by atoms with Gasteiger partial charge in [0.25, 0.3) is 11.8 Å². The van der Waals surface area contributed by atoms with Crippen LogP contribution in [0.5, 0.6) is 5.75 Å². The van der Waals surface area contributed by atoms with E-state index in [9.17, 15) is 9.59 Å². The molecule has 5 rings (SSSR count).